The van der Waals surface area contributed by atoms with E-state index in [9.17, 15) is 9.59 Å². The summed E-state index contributed by atoms with van der Waals surface area (Å²) in [5.74, 6) is 0.842. The molecule has 0 aliphatic carbocycles. The van der Waals surface area contributed by atoms with Gasteiger partial charge in [0.05, 0.1) is 23.7 Å². The molecule has 0 bridgehead atoms. The van der Waals surface area contributed by atoms with E-state index in [1.807, 2.05) is 19.4 Å². The van der Waals surface area contributed by atoms with E-state index >= 15 is 0 Å². The van der Waals surface area contributed by atoms with Crippen molar-refractivity contribution in [1.29, 1.82) is 0 Å². The molecule has 158 valence electrons. The number of hydrogen-bond donors (Lipinski definition) is 2. The number of fused-ring (bicyclic) bond motifs is 1. The Bertz CT molecular complexity index is 1070. The van der Waals surface area contributed by atoms with Crippen LogP contribution in [0.3, 0.4) is 0 Å². The minimum absolute atomic E-state index is 0.336. The third-order valence-corrected chi connectivity index (χ3v) is 5.54. The predicted octanol–water partition coefficient (Wildman–Crippen LogP) is 3.73. The standard InChI is InChI=1S/C21H23ClN4O3S/c1-26-17-9-8-13(22)12-16(17)24-21(26)25-20(28)15(10-11-30-3)23-19(27)14-6-4-5-7-18(14)29-2/h4-9,12,15H,10-11H2,1-3H3,(H,23,27)(H,24,25,28). The first kappa shape index (κ1) is 22.0. The topological polar surface area (TPSA) is 85.2 Å². The van der Waals surface area contributed by atoms with Crippen molar-refractivity contribution in [3.63, 3.8) is 0 Å². The molecule has 9 heteroatoms. The van der Waals surface area contributed by atoms with Gasteiger partial charge in [0.25, 0.3) is 5.91 Å². The molecule has 30 heavy (non-hydrogen) atoms. The molecule has 0 saturated carbocycles. The van der Waals surface area contributed by atoms with Crippen molar-refractivity contribution in [3.05, 3.63) is 53.1 Å². The molecule has 1 unspecified atom stereocenters. The molecule has 2 N–H and O–H groups in total. The van der Waals surface area contributed by atoms with Crippen molar-refractivity contribution in [2.24, 2.45) is 7.05 Å². The summed E-state index contributed by atoms with van der Waals surface area (Å²) in [6.45, 7) is 0. The second kappa shape index (κ2) is 9.86. The highest BCUT2D eigenvalue weighted by molar-refractivity contribution is 7.98. The van der Waals surface area contributed by atoms with E-state index in [-0.39, 0.29) is 11.8 Å². The molecule has 2 aromatic carbocycles. The number of benzene rings is 2. The van der Waals surface area contributed by atoms with Gasteiger partial charge in [-0.25, -0.2) is 4.98 Å². The number of para-hydroxylation sites is 1. The maximum absolute atomic E-state index is 13.0. The van der Waals surface area contributed by atoms with Crippen LogP contribution < -0.4 is 15.4 Å². The highest BCUT2D eigenvalue weighted by Gasteiger charge is 2.24. The van der Waals surface area contributed by atoms with Gasteiger partial charge in [0.15, 0.2) is 0 Å². The molecule has 0 aliphatic heterocycles. The van der Waals surface area contributed by atoms with Crippen molar-refractivity contribution < 1.29 is 14.3 Å². The van der Waals surface area contributed by atoms with E-state index in [1.165, 1.54) is 7.11 Å². The number of anilines is 1. The largest absolute Gasteiger partial charge is 0.496 e. The van der Waals surface area contributed by atoms with Crippen molar-refractivity contribution in [2.75, 3.05) is 24.4 Å². The van der Waals surface area contributed by atoms with Crippen LogP contribution in [-0.2, 0) is 11.8 Å². The van der Waals surface area contributed by atoms with E-state index in [0.717, 1.165) is 5.52 Å². The lowest BCUT2D eigenvalue weighted by atomic mass is 10.1. The van der Waals surface area contributed by atoms with E-state index < -0.39 is 6.04 Å². The molecule has 0 spiro atoms. The van der Waals surface area contributed by atoms with E-state index in [4.69, 9.17) is 16.3 Å². The van der Waals surface area contributed by atoms with Crippen molar-refractivity contribution in [2.45, 2.75) is 12.5 Å². The van der Waals surface area contributed by atoms with Crippen LogP contribution in [0, 0.1) is 0 Å². The average molecular weight is 447 g/mol. The van der Waals surface area contributed by atoms with Crippen LogP contribution in [0.1, 0.15) is 16.8 Å². The lowest BCUT2D eigenvalue weighted by molar-refractivity contribution is -0.118. The minimum atomic E-state index is -0.724. The highest BCUT2D eigenvalue weighted by atomic mass is 35.5. The first-order chi connectivity index (χ1) is 14.4. The second-order valence-electron chi connectivity index (χ2n) is 6.62. The fourth-order valence-electron chi connectivity index (χ4n) is 3.05. The number of ether oxygens (including phenoxy) is 1. The molecule has 0 aliphatic rings. The number of carbonyl (C=O) groups is 2. The molecule has 7 nitrogen and oxygen atoms in total. The number of carbonyl (C=O) groups excluding carboxylic acids is 2. The van der Waals surface area contributed by atoms with Gasteiger partial charge in [0.2, 0.25) is 11.9 Å². The molecule has 0 saturated heterocycles. The molecule has 2 amide bonds. The summed E-state index contributed by atoms with van der Waals surface area (Å²) in [4.78, 5) is 30.2. The van der Waals surface area contributed by atoms with Crippen molar-refractivity contribution in [3.8, 4) is 5.75 Å². The van der Waals surface area contributed by atoms with Crippen LogP contribution in [0.4, 0.5) is 5.95 Å². The third-order valence-electron chi connectivity index (χ3n) is 4.66. The summed E-state index contributed by atoms with van der Waals surface area (Å²) in [7, 11) is 3.31. The predicted molar refractivity (Wildman–Crippen MR) is 122 cm³/mol. The van der Waals surface area contributed by atoms with E-state index in [0.29, 0.717) is 40.0 Å². The first-order valence-electron chi connectivity index (χ1n) is 9.30. The summed E-state index contributed by atoms with van der Waals surface area (Å²) < 4.78 is 7.03. The quantitative estimate of drug-likeness (QED) is 0.550. The van der Waals surface area contributed by atoms with Gasteiger partial charge in [-0.15, -0.1) is 0 Å². The average Bonchev–Trinajstić information content (AvgIpc) is 3.05. The van der Waals surface area contributed by atoms with Gasteiger partial charge < -0.3 is 14.6 Å². The summed E-state index contributed by atoms with van der Waals surface area (Å²) in [5, 5.41) is 6.22. The van der Waals surface area contributed by atoms with Gasteiger partial charge >= 0.3 is 0 Å². The monoisotopic (exact) mass is 446 g/mol. The Kier molecular flexibility index (Phi) is 7.23. The summed E-state index contributed by atoms with van der Waals surface area (Å²) in [6.07, 6.45) is 2.43. The van der Waals surface area contributed by atoms with Crippen LogP contribution in [0.5, 0.6) is 5.75 Å². The number of aromatic nitrogens is 2. The fourth-order valence-corrected chi connectivity index (χ4v) is 3.69. The number of rotatable bonds is 8. The number of nitrogens with one attached hydrogen (secondary N) is 2. The first-order valence-corrected chi connectivity index (χ1v) is 11.1. The number of thioether (sulfide) groups is 1. The zero-order valence-electron chi connectivity index (χ0n) is 16.9. The maximum atomic E-state index is 13.0. The molecule has 0 radical (unpaired) electrons. The van der Waals surface area contributed by atoms with E-state index in [2.05, 4.69) is 15.6 Å². The Balaban J connectivity index is 1.80. The lowest BCUT2D eigenvalue weighted by Gasteiger charge is -2.18. The fraction of sp³-hybridized carbons (Fsp3) is 0.286. The summed E-state index contributed by atoms with van der Waals surface area (Å²) in [5.41, 5.74) is 1.90. The SMILES string of the molecule is COc1ccccc1C(=O)NC(CCSC)C(=O)Nc1nc2cc(Cl)ccc2n1C. The van der Waals surface area contributed by atoms with Crippen molar-refractivity contribution in [1.82, 2.24) is 14.9 Å². The Labute approximate surface area is 184 Å². The van der Waals surface area contributed by atoms with Gasteiger partial charge in [-0.3, -0.25) is 14.9 Å². The van der Waals surface area contributed by atoms with Gasteiger partial charge in [-0.1, -0.05) is 23.7 Å². The Morgan fingerprint density at radius 2 is 2.03 bits per heavy atom. The number of amides is 2. The molecular weight excluding hydrogens is 424 g/mol. The lowest BCUT2D eigenvalue weighted by Crippen LogP contribution is -2.44. The smallest absolute Gasteiger partial charge is 0.255 e. The number of aryl methyl sites for hydroxylation is 1. The van der Waals surface area contributed by atoms with Crippen LogP contribution in [0.15, 0.2) is 42.5 Å². The van der Waals surface area contributed by atoms with Crippen molar-refractivity contribution >= 4 is 52.2 Å². The molecule has 1 heterocycles. The summed E-state index contributed by atoms with van der Waals surface area (Å²) >= 11 is 7.64. The number of hydrogen-bond acceptors (Lipinski definition) is 5. The number of nitrogens with zero attached hydrogens (tertiary/aromatic N) is 2. The molecule has 1 aromatic heterocycles. The zero-order chi connectivity index (χ0) is 21.7. The Morgan fingerprint density at radius 3 is 2.77 bits per heavy atom. The molecule has 1 atom stereocenters. The van der Waals surface area contributed by atoms with Crippen LogP contribution >= 0.6 is 23.4 Å². The van der Waals surface area contributed by atoms with E-state index in [1.54, 1.807) is 52.7 Å². The number of imidazole rings is 1. The minimum Gasteiger partial charge on any atom is -0.496 e. The van der Waals surface area contributed by atoms with Gasteiger partial charge in [-0.05, 0) is 48.8 Å². The maximum Gasteiger partial charge on any atom is 0.255 e. The van der Waals surface area contributed by atoms with Gasteiger partial charge in [0, 0.05) is 12.1 Å². The normalized spacial score (nSPS) is 11.9. The Hall–Kier alpha value is -2.71. The number of methoxy groups -OCH3 is 1. The van der Waals surface area contributed by atoms with Gasteiger partial charge in [-0.2, -0.15) is 11.8 Å². The number of halogens is 1. The molecule has 0 fully saturated rings. The van der Waals surface area contributed by atoms with Crippen LogP contribution in [0.25, 0.3) is 11.0 Å². The van der Waals surface area contributed by atoms with Gasteiger partial charge in [0.1, 0.15) is 11.8 Å². The Morgan fingerprint density at radius 1 is 1.27 bits per heavy atom. The molecule has 3 rings (SSSR count). The zero-order valence-corrected chi connectivity index (χ0v) is 18.5. The second-order valence-corrected chi connectivity index (χ2v) is 8.05. The van der Waals surface area contributed by atoms with Crippen LogP contribution in [-0.4, -0.2) is 46.5 Å². The summed E-state index contributed by atoms with van der Waals surface area (Å²) in [6, 6.07) is 11.5. The van der Waals surface area contributed by atoms with Crippen LogP contribution in [0.2, 0.25) is 5.02 Å². The molecule has 3 aromatic rings. The highest BCUT2D eigenvalue weighted by Crippen LogP contribution is 2.22. The molecular formula is C21H23ClN4O3S. The third kappa shape index (κ3) is 4.88.